The average Bonchev–Trinajstić information content (AvgIpc) is 3.38. The molecular formula is C24H23N5O6. The lowest BCUT2D eigenvalue weighted by Gasteiger charge is -2.14. The summed E-state index contributed by atoms with van der Waals surface area (Å²) in [6.45, 7) is -0.702. The summed E-state index contributed by atoms with van der Waals surface area (Å²) in [7, 11) is 1.47. The second-order valence-electron chi connectivity index (χ2n) is 7.84. The second kappa shape index (κ2) is 10.1. The molecular weight excluding hydrogens is 454 g/mol. The molecule has 1 aromatic heterocycles. The first-order chi connectivity index (χ1) is 16.8. The van der Waals surface area contributed by atoms with Crippen molar-refractivity contribution in [3.05, 3.63) is 71.4 Å². The van der Waals surface area contributed by atoms with Crippen molar-refractivity contribution >= 4 is 29.7 Å². The maximum Gasteiger partial charge on any atom is 0.407 e. The van der Waals surface area contributed by atoms with Crippen molar-refractivity contribution in [2.24, 2.45) is 7.05 Å². The van der Waals surface area contributed by atoms with Crippen molar-refractivity contribution in [3.8, 4) is 11.1 Å². The number of alkyl carbamates (subject to hydrolysis) is 1. The summed E-state index contributed by atoms with van der Waals surface area (Å²) in [6.07, 6.45) is 0.349. The lowest BCUT2D eigenvalue weighted by atomic mass is 9.98. The molecule has 0 aliphatic heterocycles. The molecule has 0 saturated carbocycles. The SMILES string of the molecule is Cn1ncc(C(=O)O)c1NC(=O)CNC(=O)CNC(=O)OCC1c2ccccc2-c2ccccc21. The van der Waals surface area contributed by atoms with Crippen LogP contribution in [-0.4, -0.2) is 58.5 Å². The predicted molar refractivity (Wildman–Crippen MR) is 125 cm³/mol. The number of carboxylic acids is 1. The van der Waals surface area contributed by atoms with Gasteiger partial charge in [-0.15, -0.1) is 0 Å². The van der Waals surface area contributed by atoms with Gasteiger partial charge in [0, 0.05) is 13.0 Å². The van der Waals surface area contributed by atoms with Gasteiger partial charge in [0.2, 0.25) is 11.8 Å². The number of nitrogens with zero attached hydrogens (tertiary/aromatic N) is 2. The summed E-state index contributed by atoms with van der Waals surface area (Å²) in [5.41, 5.74) is 4.19. The van der Waals surface area contributed by atoms with E-state index < -0.39 is 37.0 Å². The Morgan fingerprint density at radius 3 is 2.17 bits per heavy atom. The van der Waals surface area contributed by atoms with Gasteiger partial charge < -0.3 is 25.8 Å². The van der Waals surface area contributed by atoms with Crippen LogP contribution in [0.25, 0.3) is 11.1 Å². The van der Waals surface area contributed by atoms with E-state index in [-0.39, 0.29) is 23.9 Å². The molecule has 1 heterocycles. The van der Waals surface area contributed by atoms with Crippen LogP contribution in [0.15, 0.2) is 54.7 Å². The Morgan fingerprint density at radius 1 is 0.943 bits per heavy atom. The number of amides is 3. The third-order valence-corrected chi connectivity index (χ3v) is 5.61. The van der Waals surface area contributed by atoms with E-state index in [0.717, 1.165) is 28.5 Å². The highest BCUT2D eigenvalue weighted by atomic mass is 16.5. The van der Waals surface area contributed by atoms with Crippen molar-refractivity contribution in [1.29, 1.82) is 0 Å². The minimum atomic E-state index is -1.25. The van der Waals surface area contributed by atoms with E-state index in [0.29, 0.717) is 0 Å². The molecule has 4 N–H and O–H groups in total. The average molecular weight is 477 g/mol. The van der Waals surface area contributed by atoms with Crippen molar-refractivity contribution in [1.82, 2.24) is 20.4 Å². The molecule has 0 saturated heterocycles. The molecule has 1 aliphatic rings. The molecule has 0 radical (unpaired) electrons. The number of carboxylic acid groups (broad SMARTS) is 1. The van der Waals surface area contributed by atoms with Crippen molar-refractivity contribution < 1.29 is 29.0 Å². The van der Waals surface area contributed by atoms with Crippen molar-refractivity contribution in [3.63, 3.8) is 0 Å². The molecule has 4 rings (SSSR count). The Morgan fingerprint density at radius 2 is 1.54 bits per heavy atom. The molecule has 2 aromatic carbocycles. The van der Waals surface area contributed by atoms with Gasteiger partial charge in [0.25, 0.3) is 0 Å². The third-order valence-electron chi connectivity index (χ3n) is 5.61. The van der Waals surface area contributed by atoms with Gasteiger partial charge in [-0.25, -0.2) is 9.59 Å². The Hall–Kier alpha value is -4.67. The van der Waals surface area contributed by atoms with Crippen LogP contribution in [0.5, 0.6) is 0 Å². The number of nitrogens with one attached hydrogen (secondary N) is 3. The maximum atomic E-state index is 12.2. The molecule has 3 amide bonds. The van der Waals surface area contributed by atoms with E-state index in [9.17, 15) is 19.2 Å². The standard InChI is InChI=1S/C24H23N5O6/c1-29-22(18(10-27-29)23(32)33)28-21(31)12-25-20(30)11-26-24(34)35-13-19-16-8-4-2-6-14(16)15-7-3-5-9-17(15)19/h2-10,19H,11-13H2,1H3,(H,25,30)(H,26,34)(H,28,31)(H,32,33). The lowest BCUT2D eigenvalue weighted by Crippen LogP contribution is -2.40. The van der Waals surface area contributed by atoms with Crippen LogP contribution in [0.3, 0.4) is 0 Å². The van der Waals surface area contributed by atoms with Crippen LogP contribution < -0.4 is 16.0 Å². The Labute approximate surface area is 200 Å². The Kier molecular flexibility index (Phi) is 6.76. The van der Waals surface area contributed by atoms with Gasteiger partial charge >= 0.3 is 12.1 Å². The maximum absolute atomic E-state index is 12.2. The molecule has 180 valence electrons. The number of benzene rings is 2. The minimum absolute atomic E-state index is 0.00601. The topological polar surface area (TPSA) is 152 Å². The number of hydrogen-bond donors (Lipinski definition) is 4. The summed E-state index contributed by atoms with van der Waals surface area (Å²) in [5.74, 6) is -2.62. The van der Waals surface area contributed by atoms with Gasteiger partial charge in [-0.2, -0.15) is 5.10 Å². The molecule has 0 unspecified atom stereocenters. The number of fused-ring (bicyclic) bond motifs is 3. The Balaban J connectivity index is 1.23. The van der Waals surface area contributed by atoms with Crippen molar-refractivity contribution in [2.75, 3.05) is 25.0 Å². The summed E-state index contributed by atoms with van der Waals surface area (Å²) in [6, 6.07) is 15.9. The highest BCUT2D eigenvalue weighted by Gasteiger charge is 2.29. The van der Waals surface area contributed by atoms with Crippen LogP contribution in [0.2, 0.25) is 0 Å². The zero-order chi connectivity index (χ0) is 24.9. The summed E-state index contributed by atoms with van der Waals surface area (Å²) >= 11 is 0. The molecule has 1 aliphatic carbocycles. The Bertz CT molecular complexity index is 1260. The molecule has 11 nitrogen and oxygen atoms in total. The largest absolute Gasteiger partial charge is 0.477 e. The molecule has 35 heavy (non-hydrogen) atoms. The van der Waals surface area contributed by atoms with Crippen LogP contribution in [0, 0.1) is 0 Å². The van der Waals surface area contributed by atoms with Crippen molar-refractivity contribution in [2.45, 2.75) is 5.92 Å². The first-order valence-corrected chi connectivity index (χ1v) is 10.8. The minimum Gasteiger partial charge on any atom is -0.477 e. The highest BCUT2D eigenvalue weighted by Crippen LogP contribution is 2.44. The molecule has 11 heteroatoms. The fourth-order valence-corrected chi connectivity index (χ4v) is 3.96. The number of anilines is 1. The van der Waals surface area contributed by atoms with Gasteiger partial charge in [0.15, 0.2) is 0 Å². The van der Waals surface area contributed by atoms with Gasteiger partial charge in [-0.3, -0.25) is 14.3 Å². The lowest BCUT2D eigenvalue weighted by molar-refractivity contribution is -0.123. The number of aromatic nitrogens is 2. The van der Waals surface area contributed by atoms with Gasteiger partial charge in [0.05, 0.1) is 12.7 Å². The van der Waals surface area contributed by atoms with Crippen LogP contribution in [-0.2, 0) is 21.4 Å². The number of rotatable bonds is 8. The van der Waals surface area contributed by atoms with E-state index in [2.05, 4.69) is 21.0 Å². The van der Waals surface area contributed by atoms with Gasteiger partial charge in [-0.05, 0) is 22.3 Å². The van der Waals surface area contributed by atoms with E-state index in [1.54, 1.807) is 0 Å². The van der Waals surface area contributed by atoms with E-state index in [4.69, 9.17) is 9.84 Å². The summed E-state index contributed by atoms with van der Waals surface area (Å²) < 4.78 is 6.56. The predicted octanol–water partition coefficient (Wildman–Crippen LogP) is 1.71. The number of hydrogen-bond acceptors (Lipinski definition) is 6. The van der Waals surface area contributed by atoms with Crippen LogP contribution >= 0.6 is 0 Å². The second-order valence-corrected chi connectivity index (χ2v) is 7.84. The van der Waals surface area contributed by atoms with Crippen LogP contribution in [0.1, 0.15) is 27.4 Å². The fourth-order valence-electron chi connectivity index (χ4n) is 3.96. The fraction of sp³-hybridized carbons (Fsp3) is 0.208. The first-order valence-electron chi connectivity index (χ1n) is 10.8. The molecule has 3 aromatic rings. The quantitative estimate of drug-likeness (QED) is 0.385. The zero-order valence-electron chi connectivity index (χ0n) is 18.8. The summed E-state index contributed by atoms with van der Waals surface area (Å²) in [4.78, 5) is 47.4. The first kappa shape index (κ1) is 23.5. The smallest absolute Gasteiger partial charge is 0.407 e. The molecule has 0 atom stereocenters. The monoisotopic (exact) mass is 477 g/mol. The normalized spacial score (nSPS) is 11.8. The van der Waals surface area contributed by atoms with E-state index in [1.165, 1.54) is 11.7 Å². The summed E-state index contributed by atoms with van der Waals surface area (Å²) in [5, 5.41) is 20.0. The number of carbonyl (C=O) groups excluding carboxylic acids is 3. The molecule has 0 bridgehead atoms. The molecule has 0 fully saturated rings. The van der Waals surface area contributed by atoms with Gasteiger partial charge in [0.1, 0.15) is 24.5 Å². The van der Waals surface area contributed by atoms with E-state index in [1.807, 2.05) is 48.5 Å². The van der Waals surface area contributed by atoms with Gasteiger partial charge in [-0.1, -0.05) is 48.5 Å². The highest BCUT2D eigenvalue weighted by molar-refractivity contribution is 6.00. The number of aryl methyl sites for hydroxylation is 1. The van der Waals surface area contributed by atoms with E-state index >= 15 is 0 Å². The number of aromatic carboxylic acids is 1. The third kappa shape index (κ3) is 5.13. The number of carbonyl (C=O) groups is 4. The zero-order valence-corrected chi connectivity index (χ0v) is 18.8. The molecule has 0 spiro atoms. The number of ether oxygens (including phenoxy) is 1. The van der Waals surface area contributed by atoms with Crippen LogP contribution in [0.4, 0.5) is 10.6 Å².